The average Bonchev–Trinajstić information content (AvgIpc) is 3.24. The zero-order valence-corrected chi connectivity index (χ0v) is 11.7. The summed E-state index contributed by atoms with van der Waals surface area (Å²) in [4.78, 5) is 11.7. The van der Waals surface area contributed by atoms with E-state index in [1.54, 1.807) is 0 Å². The number of hydrogen-bond acceptors (Lipinski definition) is 2. The molecule has 1 aliphatic carbocycles. The third-order valence-electron chi connectivity index (χ3n) is 3.50. The fourth-order valence-corrected chi connectivity index (χ4v) is 2.20. The minimum atomic E-state index is 0.125. The van der Waals surface area contributed by atoms with E-state index in [0.717, 1.165) is 19.3 Å². The van der Waals surface area contributed by atoms with Gasteiger partial charge in [-0.2, -0.15) is 0 Å². The predicted molar refractivity (Wildman–Crippen MR) is 77.9 cm³/mol. The second kappa shape index (κ2) is 7.29. The number of rotatable bonds is 8. The molecule has 1 fully saturated rings. The monoisotopic (exact) mass is 260 g/mol. The molecule has 3 nitrogen and oxygen atoms in total. The lowest BCUT2D eigenvalue weighted by Crippen LogP contribution is -2.36. The van der Waals surface area contributed by atoms with Crippen LogP contribution in [0, 0.1) is 0 Å². The predicted octanol–water partition coefficient (Wildman–Crippen LogP) is 2.79. The third kappa shape index (κ3) is 5.03. The van der Waals surface area contributed by atoms with Crippen LogP contribution in [-0.4, -0.2) is 18.5 Å². The van der Waals surface area contributed by atoms with E-state index in [0.29, 0.717) is 12.6 Å². The molecule has 1 unspecified atom stereocenters. The molecule has 0 saturated heterocycles. The van der Waals surface area contributed by atoms with Gasteiger partial charge in [0.2, 0.25) is 5.91 Å². The van der Waals surface area contributed by atoms with E-state index in [1.807, 2.05) is 6.07 Å². The van der Waals surface area contributed by atoms with E-state index in [4.69, 9.17) is 0 Å². The van der Waals surface area contributed by atoms with E-state index in [2.05, 4.69) is 41.8 Å². The summed E-state index contributed by atoms with van der Waals surface area (Å²) < 4.78 is 0. The number of nitrogens with one attached hydrogen (secondary N) is 2. The Labute approximate surface area is 115 Å². The number of amides is 1. The van der Waals surface area contributed by atoms with Crippen molar-refractivity contribution in [3.63, 3.8) is 0 Å². The van der Waals surface area contributed by atoms with Crippen LogP contribution in [0.3, 0.4) is 0 Å². The molecular formula is C16H24N2O. The van der Waals surface area contributed by atoms with Crippen LogP contribution >= 0.6 is 0 Å². The molecule has 0 heterocycles. The largest absolute Gasteiger partial charge is 0.352 e. The maximum atomic E-state index is 11.7. The maximum absolute atomic E-state index is 11.7. The number of carbonyl (C=O) groups excluding carboxylic acids is 1. The third-order valence-corrected chi connectivity index (χ3v) is 3.50. The summed E-state index contributed by atoms with van der Waals surface area (Å²) in [6.45, 7) is 2.61. The summed E-state index contributed by atoms with van der Waals surface area (Å²) in [5.74, 6) is 0.125. The highest BCUT2D eigenvalue weighted by Gasteiger charge is 2.23. The summed E-state index contributed by atoms with van der Waals surface area (Å²) >= 11 is 0. The average molecular weight is 260 g/mol. The standard InChI is InChI=1S/C16H24N2O/c1-2-3-9-15(13-7-5-4-6-8-13)17-12-16(19)18-14-10-11-14/h4-8,14-15,17H,2-3,9-12H2,1H3,(H,18,19). The molecule has 0 spiro atoms. The van der Waals surface area contributed by atoms with Crippen molar-refractivity contribution >= 4 is 5.91 Å². The van der Waals surface area contributed by atoms with Gasteiger partial charge in [-0.3, -0.25) is 4.79 Å². The van der Waals surface area contributed by atoms with Crippen molar-refractivity contribution in [2.45, 2.75) is 51.1 Å². The van der Waals surface area contributed by atoms with Crippen LogP contribution in [0.1, 0.15) is 50.6 Å². The van der Waals surface area contributed by atoms with Crippen LogP contribution in [0.25, 0.3) is 0 Å². The lowest BCUT2D eigenvalue weighted by Gasteiger charge is -2.19. The summed E-state index contributed by atoms with van der Waals surface area (Å²) in [6, 6.07) is 11.1. The molecule has 19 heavy (non-hydrogen) atoms. The van der Waals surface area contributed by atoms with Gasteiger partial charge in [0.15, 0.2) is 0 Å². The van der Waals surface area contributed by atoms with Gasteiger partial charge >= 0.3 is 0 Å². The molecule has 0 bridgehead atoms. The van der Waals surface area contributed by atoms with Gasteiger partial charge in [0.25, 0.3) is 0 Å². The van der Waals surface area contributed by atoms with Crippen molar-refractivity contribution in [3.8, 4) is 0 Å². The Balaban J connectivity index is 1.84. The molecule has 0 aromatic heterocycles. The number of hydrogen-bond donors (Lipinski definition) is 2. The fraction of sp³-hybridized carbons (Fsp3) is 0.562. The molecule has 1 aliphatic rings. The highest BCUT2D eigenvalue weighted by Crippen LogP contribution is 2.20. The van der Waals surface area contributed by atoms with E-state index >= 15 is 0 Å². The summed E-state index contributed by atoms with van der Waals surface area (Å²) in [6.07, 6.45) is 5.72. The Morgan fingerprint density at radius 1 is 1.32 bits per heavy atom. The quantitative estimate of drug-likeness (QED) is 0.754. The molecule has 1 atom stereocenters. The molecule has 1 saturated carbocycles. The molecule has 3 heteroatoms. The van der Waals surface area contributed by atoms with Gasteiger partial charge in [0.1, 0.15) is 0 Å². The molecule has 0 aliphatic heterocycles. The molecule has 0 radical (unpaired) electrons. The van der Waals surface area contributed by atoms with Gasteiger partial charge in [-0.25, -0.2) is 0 Å². The van der Waals surface area contributed by atoms with E-state index in [-0.39, 0.29) is 11.9 Å². The van der Waals surface area contributed by atoms with Crippen LogP contribution in [0.15, 0.2) is 30.3 Å². The second-order valence-electron chi connectivity index (χ2n) is 5.33. The first-order valence-electron chi connectivity index (χ1n) is 7.37. The van der Waals surface area contributed by atoms with Crippen LogP contribution < -0.4 is 10.6 Å². The minimum Gasteiger partial charge on any atom is -0.352 e. The van der Waals surface area contributed by atoms with Crippen LogP contribution in [-0.2, 0) is 4.79 Å². The Hall–Kier alpha value is -1.35. The summed E-state index contributed by atoms with van der Waals surface area (Å²) in [5, 5.41) is 6.41. The second-order valence-corrected chi connectivity index (χ2v) is 5.33. The van der Waals surface area contributed by atoms with Gasteiger partial charge in [0, 0.05) is 12.1 Å². The normalized spacial score (nSPS) is 16.1. The zero-order valence-electron chi connectivity index (χ0n) is 11.7. The number of unbranched alkanes of at least 4 members (excludes halogenated alkanes) is 1. The van der Waals surface area contributed by atoms with Crippen molar-refractivity contribution in [1.82, 2.24) is 10.6 Å². The molecule has 1 aromatic carbocycles. The first-order chi connectivity index (χ1) is 9.29. The van der Waals surface area contributed by atoms with Crippen molar-refractivity contribution in [2.75, 3.05) is 6.54 Å². The highest BCUT2D eigenvalue weighted by atomic mass is 16.2. The first kappa shape index (κ1) is 14.1. The van der Waals surface area contributed by atoms with Gasteiger partial charge in [-0.1, -0.05) is 50.1 Å². The smallest absolute Gasteiger partial charge is 0.234 e. The molecule has 1 amide bonds. The maximum Gasteiger partial charge on any atom is 0.234 e. The fourth-order valence-electron chi connectivity index (χ4n) is 2.20. The highest BCUT2D eigenvalue weighted by molar-refractivity contribution is 5.78. The van der Waals surface area contributed by atoms with E-state index < -0.39 is 0 Å². The van der Waals surface area contributed by atoms with Crippen LogP contribution in [0.5, 0.6) is 0 Å². The van der Waals surface area contributed by atoms with Gasteiger partial charge in [-0.05, 0) is 24.8 Å². The lowest BCUT2D eigenvalue weighted by atomic mass is 10.0. The van der Waals surface area contributed by atoms with Crippen LogP contribution in [0.2, 0.25) is 0 Å². The van der Waals surface area contributed by atoms with Crippen molar-refractivity contribution < 1.29 is 4.79 Å². The van der Waals surface area contributed by atoms with Gasteiger partial charge in [0.05, 0.1) is 6.54 Å². The Bertz CT molecular complexity index is 387. The molecule has 2 rings (SSSR count). The Kier molecular flexibility index (Phi) is 5.40. The number of carbonyl (C=O) groups is 1. The van der Waals surface area contributed by atoms with Crippen LogP contribution in [0.4, 0.5) is 0 Å². The molecule has 1 aromatic rings. The van der Waals surface area contributed by atoms with Gasteiger partial charge in [-0.15, -0.1) is 0 Å². The van der Waals surface area contributed by atoms with Crippen molar-refractivity contribution in [2.24, 2.45) is 0 Å². The zero-order chi connectivity index (χ0) is 13.5. The first-order valence-corrected chi connectivity index (χ1v) is 7.37. The van der Waals surface area contributed by atoms with E-state index in [1.165, 1.54) is 18.4 Å². The summed E-state index contributed by atoms with van der Waals surface area (Å²) in [7, 11) is 0. The summed E-state index contributed by atoms with van der Waals surface area (Å²) in [5.41, 5.74) is 1.27. The Morgan fingerprint density at radius 3 is 2.68 bits per heavy atom. The lowest BCUT2D eigenvalue weighted by molar-refractivity contribution is -0.120. The molecular weight excluding hydrogens is 236 g/mol. The SMILES string of the molecule is CCCCC(NCC(=O)NC1CC1)c1ccccc1. The minimum absolute atomic E-state index is 0.125. The topological polar surface area (TPSA) is 41.1 Å². The molecule has 104 valence electrons. The molecule has 2 N–H and O–H groups in total. The van der Waals surface area contributed by atoms with Gasteiger partial charge < -0.3 is 10.6 Å². The van der Waals surface area contributed by atoms with Crippen molar-refractivity contribution in [1.29, 1.82) is 0 Å². The number of benzene rings is 1. The van der Waals surface area contributed by atoms with Crippen molar-refractivity contribution in [3.05, 3.63) is 35.9 Å². The van der Waals surface area contributed by atoms with E-state index in [9.17, 15) is 4.79 Å². The Morgan fingerprint density at radius 2 is 2.05 bits per heavy atom.